The van der Waals surface area contributed by atoms with Crippen LogP contribution >= 0.6 is 0 Å². The first-order valence-corrected chi connectivity index (χ1v) is 10.2. The maximum absolute atomic E-state index is 14.2. The standard InChI is InChI=1S/C25H16F7NO3/c1-12-22(23(34)18-10-19(26)21(36-2)11-20(18)33(12)35)14-5-3-13(4-6-14)15-7-16(24(27,28)29)9-17(8-15)25(30,31)32/h3-11,35H,1-2H3. The Morgan fingerprint density at radius 3 is 1.83 bits per heavy atom. The summed E-state index contributed by atoms with van der Waals surface area (Å²) in [6.07, 6.45) is -10.00. The molecule has 0 saturated heterocycles. The number of aromatic nitrogens is 1. The molecular weight excluding hydrogens is 495 g/mol. The van der Waals surface area contributed by atoms with E-state index in [1.165, 1.54) is 38.3 Å². The van der Waals surface area contributed by atoms with Crippen LogP contribution in [0.1, 0.15) is 16.8 Å². The van der Waals surface area contributed by atoms with Crippen molar-refractivity contribution in [3.8, 4) is 28.0 Å². The molecule has 0 aliphatic carbocycles. The molecule has 0 fully saturated rings. The third-order valence-corrected chi connectivity index (χ3v) is 5.74. The molecular formula is C25H16F7NO3. The number of hydrogen-bond donors (Lipinski definition) is 1. The fourth-order valence-electron chi connectivity index (χ4n) is 3.93. The van der Waals surface area contributed by atoms with E-state index in [1.54, 1.807) is 0 Å². The lowest BCUT2D eigenvalue weighted by Gasteiger charge is -2.16. The number of methoxy groups -OCH3 is 1. The van der Waals surface area contributed by atoms with Crippen molar-refractivity contribution in [2.75, 3.05) is 7.11 Å². The first-order valence-electron chi connectivity index (χ1n) is 10.2. The largest absolute Gasteiger partial charge is 0.494 e. The maximum Gasteiger partial charge on any atom is 0.416 e. The van der Waals surface area contributed by atoms with Crippen LogP contribution in [0.3, 0.4) is 0 Å². The molecule has 4 aromatic rings. The van der Waals surface area contributed by atoms with Gasteiger partial charge >= 0.3 is 12.4 Å². The van der Waals surface area contributed by atoms with Crippen LogP contribution in [0.2, 0.25) is 0 Å². The van der Waals surface area contributed by atoms with Crippen LogP contribution in [-0.4, -0.2) is 17.0 Å². The second-order valence-electron chi connectivity index (χ2n) is 7.98. The van der Waals surface area contributed by atoms with E-state index in [0.29, 0.717) is 16.9 Å². The van der Waals surface area contributed by atoms with Gasteiger partial charge in [0.1, 0.15) is 0 Å². The minimum atomic E-state index is -5.00. The number of alkyl halides is 6. The molecule has 0 aliphatic rings. The van der Waals surface area contributed by atoms with Crippen molar-refractivity contribution in [1.29, 1.82) is 0 Å². The van der Waals surface area contributed by atoms with Crippen LogP contribution in [0, 0.1) is 12.7 Å². The molecule has 3 aromatic carbocycles. The van der Waals surface area contributed by atoms with Crippen molar-refractivity contribution in [3.63, 3.8) is 0 Å². The van der Waals surface area contributed by atoms with Crippen molar-refractivity contribution in [1.82, 2.24) is 4.73 Å². The summed E-state index contributed by atoms with van der Waals surface area (Å²) >= 11 is 0. The molecule has 0 saturated carbocycles. The second kappa shape index (κ2) is 8.58. The van der Waals surface area contributed by atoms with Crippen LogP contribution in [-0.2, 0) is 12.4 Å². The van der Waals surface area contributed by atoms with Gasteiger partial charge in [-0.1, -0.05) is 24.3 Å². The topological polar surface area (TPSA) is 51.5 Å². The van der Waals surface area contributed by atoms with Gasteiger partial charge in [-0.2, -0.15) is 31.1 Å². The third kappa shape index (κ3) is 4.36. The second-order valence-corrected chi connectivity index (χ2v) is 7.98. The van der Waals surface area contributed by atoms with Crippen LogP contribution in [0.5, 0.6) is 5.75 Å². The van der Waals surface area contributed by atoms with Crippen LogP contribution < -0.4 is 10.2 Å². The number of nitrogens with zero attached hydrogens (tertiary/aromatic N) is 1. The van der Waals surface area contributed by atoms with Gasteiger partial charge in [0.2, 0.25) is 0 Å². The fraction of sp³-hybridized carbons (Fsp3) is 0.160. The molecule has 1 N–H and O–H groups in total. The number of pyridine rings is 1. The molecule has 1 heterocycles. The zero-order valence-electron chi connectivity index (χ0n) is 18.6. The quantitative estimate of drug-likeness (QED) is 0.237. The first kappa shape index (κ1) is 25.1. The summed E-state index contributed by atoms with van der Waals surface area (Å²) in [5.74, 6) is -1.03. The molecule has 1 aromatic heterocycles. The zero-order chi connectivity index (χ0) is 26.6. The SMILES string of the molecule is COc1cc2c(cc1F)c(=O)c(-c1ccc(-c3cc(C(F)(F)F)cc(C(F)(F)F)c3)cc1)c(C)n2O. The number of rotatable bonds is 3. The maximum atomic E-state index is 14.2. The summed E-state index contributed by atoms with van der Waals surface area (Å²) in [6, 6.07) is 8.43. The van der Waals surface area contributed by atoms with Gasteiger partial charge in [0, 0.05) is 6.07 Å². The highest BCUT2D eigenvalue weighted by Gasteiger charge is 2.37. The smallest absolute Gasteiger partial charge is 0.416 e. The molecule has 0 bridgehead atoms. The average Bonchev–Trinajstić information content (AvgIpc) is 2.81. The fourth-order valence-corrected chi connectivity index (χ4v) is 3.93. The Hall–Kier alpha value is -4.02. The van der Waals surface area contributed by atoms with Crippen LogP contribution in [0.25, 0.3) is 33.2 Å². The molecule has 0 radical (unpaired) electrons. The van der Waals surface area contributed by atoms with Gasteiger partial charge in [-0.15, -0.1) is 0 Å². The highest BCUT2D eigenvalue weighted by molar-refractivity contribution is 5.86. The van der Waals surface area contributed by atoms with E-state index in [9.17, 15) is 40.7 Å². The average molecular weight is 511 g/mol. The Bertz CT molecular complexity index is 1500. The molecule has 0 aliphatic heterocycles. The Balaban J connectivity index is 1.86. The molecule has 4 rings (SSSR count). The highest BCUT2D eigenvalue weighted by atomic mass is 19.4. The lowest BCUT2D eigenvalue weighted by molar-refractivity contribution is -0.143. The van der Waals surface area contributed by atoms with E-state index in [2.05, 4.69) is 0 Å². The minimum Gasteiger partial charge on any atom is -0.494 e. The van der Waals surface area contributed by atoms with Gasteiger partial charge in [-0.05, 0) is 47.9 Å². The van der Waals surface area contributed by atoms with Gasteiger partial charge < -0.3 is 9.94 Å². The summed E-state index contributed by atoms with van der Waals surface area (Å²) in [5, 5.41) is 10.4. The Labute approximate surface area is 198 Å². The van der Waals surface area contributed by atoms with Gasteiger partial charge in [0.15, 0.2) is 17.0 Å². The van der Waals surface area contributed by atoms with Crippen molar-refractivity contribution in [2.24, 2.45) is 0 Å². The number of benzene rings is 3. The summed E-state index contributed by atoms with van der Waals surface area (Å²) in [5.41, 5.74) is -3.59. The Morgan fingerprint density at radius 1 is 0.806 bits per heavy atom. The van der Waals surface area contributed by atoms with E-state index in [-0.39, 0.29) is 50.7 Å². The van der Waals surface area contributed by atoms with Gasteiger partial charge in [-0.3, -0.25) is 4.79 Å². The van der Waals surface area contributed by atoms with Crippen molar-refractivity contribution in [3.05, 3.63) is 87.5 Å². The zero-order valence-corrected chi connectivity index (χ0v) is 18.6. The Morgan fingerprint density at radius 2 is 1.33 bits per heavy atom. The molecule has 36 heavy (non-hydrogen) atoms. The number of hydrogen-bond acceptors (Lipinski definition) is 3. The Kier molecular flexibility index (Phi) is 5.98. The molecule has 0 spiro atoms. The monoisotopic (exact) mass is 511 g/mol. The lowest BCUT2D eigenvalue weighted by atomic mass is 9.95. The van der Waals surface area contributed by atoms with Gasteiger partial charge in [0.25, 0.3) is 0 Å². The predicted octanol–water partition coefficient (Wildman–Crippen LogP) is 7.07. The molecule has 188 valence electrons. The van der Waals surface area contributed by atoms with E-state index in [0.717, 1.165) is 12.1 Å². The van der Waals surface area contributed by atoms with Crippen molar-refractivity contribution < 1.29 is 40.7 Å². The first-order chi connectivity index (χ1) is 16.7. The van der Waals surface area contributed by atoms with E-state index >= 15 is 0 Å². The van der Waals surface area contributed by atoms with E-state index in [4.69, 9.17) is 4.74 Å². The van der Waals surface area contributed by atoms with Crippen molar-refractivity contribution in [2.45, 2.75) is 19.3 Å². The van der Waals surface area contributed by atoms with E-state index < -0.39 is 34.7 Å². The van der Waals surface area contributed by atoms with Crippen molar-refractivity contribution >= 4 is 10.9 Å². The number of halogens is 7. The molecule has 0 amide bonds. The summed E-state index contributed by atoms with van der Waals surface area (Å²) in [6.45, 7) is 1.42. The summed E-state index contributed by atoms with van der Waals surface area (Å²) in [7, 11) is 1.22. The minimum absolute atomic E-state index is 0.0141. The van der Waals surface area contributed by atoms with Gasteiger partial charge in [-0.25, -0.2) is 4.39 Å². The third-order valence-electron chi connectivity index (χ3n) is 5.74. The van der Waals surface area contributed by atoms with Gasteiger partial charge in [0.05, 0.1) is 40.4 Å². The summed E-state index contributed by atoms with van der Waals surface area (Å²) in [4.78, 5) is 13.1. The molecule has 0 atom stereocenters. The number of ether oxygens (including phenoxy) is 1. The highest BCUT2D eigenvalue weighted by Crippen LogP contribution is 2.39. The van der Waals surface area contributed by atoms with Crippen LogP contribution in [0.15, 0.2) is 59.4 Å². The normalized spacial score (nSPS) is 12.2. The summed E-state index contributed by atoms with van der Waals surface area (Å²) < 4.78 is 99.0. The molecule has 11 heteroatoms. The van der Waals surface area contributed by atoms with E-state index in [1.807, 2.05) is 0 Å². The molecule has 4 nitrogen and oxygen atoms in total. The predicted molar refractivity (Wildman–Crippen MR) is 118 cm³/mol. The number of fused-ring (bicyclic) bond motifs is 1. The lowest BCUT2D eigenvalue weighted by Crippen LogP contribution is -2.15. The van der Waals surface area contributed by atoms with Crippen LogP contribution in [0.4, 0.5) is 30.7 Å². The molecule has 0 unspecified atom stereocenters.